The molecule has 36 heteroatoms. The van der Waals surface area contributed by atoms with E-state index in [9.17, 15) is 167 Å². The third-order valence-electron chi connectivity index (χ3n) is 15.5. The van der Waals surface area contributed by atoms with Crippen molar-refractivity contribution < 1.29 is 182 Å². The van der Waals surface area contributed by atoms with Crippen LogP contribution in [0.25, 0.3) is 0 Å². The van der Waals surface area contributed by atoms with Crippen molar-refractivity contribution in [3.63, 3.8) is 0 Å². The first-order valence-electron chi connectivity index (χ1n) is 31.3. The number of rotatable bonds is 12. The molecule has 0 aliphatic rings. The van der Waals surface area contributed by atoms with Gasteiger partial charge in [0, 0.05) is 57.6 Å². The number of phenolic OH excluding ortho intramolecular Hbond substituents is 30. The lowest BCUT2D eigenvalue weighted by atomic mass is 10.0. The Bertz CT molecular complexity index is 5680. The number of carbonyl (C=O) groups excluding carboxylic acids is 6. The zero-order valence-electron chi connectivity index (χ0n) is 57.2. The molecule has 0 aliphatic carbocycles. The molecule has 12 aromatic carbocycles. The normalized spacial score (nSPS) is 10.3. The van der Waals surface area contributed by atoms with Gasteiger partial charge in [0.1, 0.15) is 68.2 Å². The van der Waals surface area contributed by atoms with Crippen molar-refractivity contribution in [2.45, 2.75) is 0 Å². The topological polar surface area (TPSA) is 709 Å². The molecule has 588 valence electrons. The molecule has 0 amide bonds. The highest BCUT2D eigenvalue weighted by Crippen LogP contribution is 2.50. The van der Waals surface area contributed by atoms with Gasteiger partial charge in [0.15, 0.2) is 104 Å². The second kappa shape index (κ2) is 34.9. The fourth-order valence-electron chi connectivity index (χ4n) is 9.69. The first-order valence-corrected chi connectivity index (χ1v) is 31.3. The molecular weight excluding hydrogens is 1510 g/mol. The van der Waals surface area contributed by atoms with Gasteiger partial charge in [-0.15, -0.1) is 0 Å². The van der Waals surface area contributed by atoms with Gasteiger partial charge in [0.25, 0.3) is 0 Å². The smallest absolute Gasteiger partial charge is 0.205 e. The number of benzene rings is 12. The van der Waals surface area contributed by atoms with Crippen LogP contribution in [0.5, 0.6) is 172 Å². The molecule has 0 heterocycles. The average molecular weight is 1570 g/mol. The Morgan fingerprint density at radius 2 is 0.360 bits per heavy atom. The number of aromatic hydroxyl groups is 30. The summed E-state index contributed by atoms with van der Waals surface area (Å²) in [7, 11) is 0. The van der Waals surface area contributed by atoms with E-state index in [1.54, 1.807) is 0 Å². The minimum absolute atomic E-state index is 0.00990. The number of carbonyl (C=O) groups is 6. The molecule has 30 N–H and O–H groups in total. The summed E-state index contributed by atoms with van der Waals surface area (Å²) >= 11 is 0. The van der Waals surface area contributed by atoms with E-state index in [-0.39, 0.29) is 73.4 Å². The quantitative estimate of drug-likeness (QED) is 0.0309. The summed E-state index contributed by atoms with van der Waals surface area (Å²) in [5, 5.41) is 281. The number of ketones is 6. The van der Waals surface area contributed by atoms with Crippen LogP contribution in [0.3, 0.4) is 0 Å². The predicted molar refractivity (Wildman–Crippen MR) is 388 cm³/mol. The lowest BCUT2D eigenvalue weighted by Crippen LogP contribution is -2.02. The first kappa shape index (κ1) is 83.9. The van der Waals surface area contributed by atoms with Crippen LogP contribution >= 0.6 is 0 Å². The molecule has 0 aliphatic heterocycles. The Hall–Kier alpha value is -17.3. The molecule has 0 saturated heterocycles. The van der Waals surface area contributed by atoms with Crippen molar-refractivity contribution in [2.24, 2.45) is 0 Å². The van der Waals surface area contributed by atoms with Gasteiger partial charge >= 0.3 is 0 Å². The van der Waals surface area contributed by atoms with E-state index in [0.29, 0.717) is 6.07 Å². The summed E-state index contributed by atoms with van der Waals surface area (Å²) in [6, 6.07) is 35.8. The Balaban J connectivity index is 0.000000189. The van der Waals surface area contributed by atoms with Gasteiger partial charge in [0.2, 0.25) is 57.6 Å². The fraction of sp³-hybridized carbons (Fsp3) is 0. The third kappa shape index (κ3) is 18.7. The SMILES string of the molecule is O=C(c1ccc(O)cc1)c1c(O)c(O)cc(O)c1O.O=C(c1ccc(O)cc1)c1c(O)cc(O)c(O)c1O.O=C(c1ccc(O)cc1)c1cc(O)c(O)c(O)c1O.O=C(c1cccc(O)c1)c1c(O)c(O)cc(O)c1O.O=C(c1cccc(O)c1)c1c(O)cc(O)c(O)c1O.O=C(c1cccc(O)c1)c1cc(O)c(O)c(O)c1O. The summed E-state index contributed by atoms with van der Waals surface area (Å²) in [6.45, 7) is 0. The van der Waals surface area contributed by atoms with E-state index in [2.05, 4.69) is 0 Å². The maximum atomic E-state index is 12.1. The zero-order chi connectivity index (χ0) is 84.9. The van der Waals surface area contributed by atoms with Gasteiger partial charge in [0.05, 0.1) is 11.1 Å². The van der Waals surface area contributed by atoms with E-state index in [1.807, 2.05) is 0 Å². The molecule has 0 atom stereocenters. The van der Waals surface area contributed by atoms with Gasteiger partial charge in [-0.05, 0) is 121 Å². The number of hydrogen-bond donors (Lipinski definition) is 30. The van der Waals surface area contributed by atoms with Gasteiger partial charge < -0.3 is 153 Å². The van der Waals surface area contributed by atoms with Crippen LogP contribution in [0, 0.1) is 0 Å². The Labute approximate surface area is 635 Å². The molecule has 36 nitrogen and oxygen atoms in total. The van der Waals surface area contributed by atoms with E-state index in [4.69, 9.17) is 15.3 Å². The summed E-state index contributed by atoms with van der Waals surface area (Å²) in [6.07, 6.45) is 0. The van der Waals surface area contributed by atoms with E-state index in [1.165, 1.54) is 133 Å². The molecule has 0 saturated carbocycles. The van der Waals surface area contributed by atoms with Crippen LogP contribution < -0.4 is 0 Å². The van der Waals surface area contributed by atoms with E-state index < -0.39 is 201 Å². The van der Waals surface area contributed by atoms with Crippen molar-refractivity contribution in [1.29, 1.82) is 0 Å². The first-order chi connectivity index (χ1) is 53.5. The highest BCUT2D eigenvalue weighted by molar-refractivity contribution is 6.16. The Morgan fingerprint density at radius 3 is 0.649 bits per heavy atom. The summed E-state index contributed by atoms with van der Waals surface area (Å²) in [5.74, 6) is -24.8. The second-order valence-corrected chi connectivity index (χ2v) is 23.2. The van der Waals surface area contributed by atoms with Crippen LogP contribution in [-0.4, -0.2) is 188 Å². The van der Waals surface area contributed by atoms with Gasteiger partial charge in [-0.1, -0.05) is 36.4 Å². The van der Waals surface area contributed by atoms with Crippen LogP contribution in [0.2, 0.25) is 0 Å². The molecule has 0 spiro atoms. The van der Waals surface area contributed by atoms with Crippen molar-refractivity contribution in [1.82, 2.24) is 0 Å². The maximum absolute atomic E-state index is 12.1. The van der Waals surface area contributed by atoms with Crippen LogP contribution in [0.4, 0.5) is 0 Å². The summed E-state index contributed by atoms with van der Waals surface area (Å²) < 4.78 is 0. The second-order valence-electron chi connectivity index (χ2n) is 23.2. The van der Waals surface area contributed by atoms with E-state index in [0.717, 1.165) is 42.5 Å². The van der Waals surface area contributed by atoms with Crippen molar-refractivity contribution in [2.75, 3.05) is 0 Å². The third-order valence-corrected chi connectivity index (χ3v) is 15.5. The molecule has 0 radical (unpaired) electrons. The predicted octanol–water partition coefficient (Wildman–Crippen LogP) is 8.67. The highest BCUT2D eigenvalue weighted by atomic mass is 16.4. The minimum Gasteiger partial charge on any atom is -0.508 e. The number of phenols is 30. The largest absolute Gasteiger partial charge is 0.508 e. The Morgan fingerprint density at radius 1 is 0.149 bits per heavy atom. The van der Waals surface area contributed by atoms with Crippen LogP contribution in [0.1, 0.15) is 95.5 Å². The maximum Gasteiger partial charge on any atom is 0.205 e. The lowest BCUT2D eigenvalue weighted by Gasteiger charge is -2.09. The average Bonchev–Trinajstić information content (AvgIpc) is 0.880. The van der Waals surface area contributed by atoms with Crippen molar-refractivity contribution >= 4 is 34.7 Å². The van der Waals surface area contributed by atoms with Crippen LogP contribution in [-0.2, 0) is 0 Å². The number of hydrogen-bond acceptors (Lipinski definition) is 36. The van der Waals surface area contributed by atoms with Crippen molar-refractivity contribution in [3.05, 3.63) is 249 Å². The van der Waals surface area contributed by atoms with Gasteiger partial charge in [-0.25, -0.2) is 0 Å². The molecule has 0 aromatic heterocycles. The minimum atomic E-state index is -0.983. The highest BCUT2D eigenvalue weighted by Gasteiger charge is 2.30. The Kier molecular flexibility index (Phi) is 25.7. The molecule has 0 fully saturated rings. The van der Waals surface area contributed by atoms with Crippen molar-refractivity contribution in [3.8, 4) is 172 Å². The molecular formula is C78H60O36. The summed E-state index contributed by atoms with van der Waals surface area (Å²) in [4.78, 5) is 72.4. The van der Waals surface area contributed by atoms with Gasteiger partial charge in [-0.3, -0.25) is 28.8 Å². The van der Waals surface area contributed by atoms with E-state index >= 15 is 0 Å². The zero-order valence-corrected chi connectivity index (χ0v) is 57.2. The molecule has 12 rings (SSSR count). The van der Waals surface area contributed by atoms with Crippen LogP contribution in [0.15, 0.2) is 182 Å². The molecule has 12 aromatic rings. The fourth-order valence-corrected chi connectivity index (χ4v) is 9.69. The lowest BCUT2D eigenvalue weighted by molar-refractivity contribution is 0.102. The monoisotopic (exact) mass is 1570 g/mol. The van der Waals surface area contributed by atoms with Gasteiger partial charge in [-0.2, -0.15) is 0 Å². The molecule has 0 unspecified atom stereocenters. The molecule has 0 bridgehead atoms. The summed E-state index contributed by atoms with van der Waals surface area (Å²) in [5.41, 5.74) is -2.74. The standard InChI is InChI=1S/6C13H10O6/c14-7-3-1-6(2-4-7)11(17)10-12(18)8(15)5-9(16)13(10)19;14-7-3-1-6(2-4-7)11(17)10-8(15)5-9(16)12(18)13(10)19;14-7-3-1-6(2-4-7)10(16)8-5-9(15)12(18)13(19)11(8)17;14-7-3-1-2-6(4-7)11(17)10-12(18)8(15)5-9(16)13(10)19;14-7-3-1-2-6(4-7)11(17)10-8(15)5-9(16)12(18)13(10)19;14-7-3-1-2-6(4-7)10(16)8-5-9(15)12(18)13(19)11(8)17/h2*1-5,14-16,18-19H;1-5,14-15,17-19H;2*1-5,14-16,18-19H;1-5,14-15,17-19H. The molecule has 114 heavy (non-hydrogen) atoms.